The lowest BCUT2D eigenvalue weighted by atomic mass is 10.3. The Labute approximate surface area is 71.0 Å². The van der Waals surface area contributed by atoms with Crippen molar-refractivity contribution in [3.05, 3.63) is 29.0 Å². The molecule has 1 aromatic rings. The molecule has 12 heavy (non-hydrogen) atoms. The molecule has 1 aromatic heterocycles. The zero-order valence-electron chi connectivity index (χ0n) is 7.03. The Morgan fingerprint density at radius 1 is 1.67 bits per heavy atom. The fraction of sp³-hybridized carbons (Fsp3) is 0.375. The van der Waals surface area contributed by atoms with Gasteiger partial charge in [0.2, 0.25) is 12.4 Å². The second-order valence-corrected chi connectivity index (χ2v) is 2.27. The van der Waals surface area contributed by atoms with Gasteiger partial charge in [0.25, 0.3) is 0 Å². The van der Waals surface area contributed by atoms with Crippen molar-refractivity contribution in [3.63, 3.8) is 0 Å². The summed E-state index contributed by atoms with van der Waals surface area (Å²) in [5.74, 6) is 1.15. The molecule has 0 fully saturated rings. The molecule has 0 atom stereocenters. The van der Waals surface area contributed by atoms with Gasteiger partial charge in [-0.25, -0.2) is 11.6 Å². The monoisotopic (exact) mass is 163 g/mol. The van der Waals surface area contributed by atoms with Crippen LogP contribution < -0.4 is 4.74 Å². The number of aromatic nitrogens is 2. The first kappa shape index (κ1) is 8.47. The van der Waals surface area contributed by atoms with Gasteiger partial charge < -0.3 is 9.58 Å². The first-order valence-corrected chi connectivity index (χ1v) is 3.47. The van der Waals surface area contributed by atoms with Crippen molar-refractivity contribution < 1.29 is 4.74 Å². The third kappa shape index (κ3) is 1.70. The zero-order chi connectivity index (χ0) is 8.97. The van der Waals surface area contributed by atoms with E-state index in [1.165, 1.54) is 7.11 Å². The van der Waals surface area contributed by atoms with Crippen LogP contribution in [0.2, 0.25) is 0 Å². The van der Waals surface area contributed by atoms with Crippen molar-refractivity contribution in [2.24, 2.45) is 0 Å². The summed E-state index contributed by atoms with van der Waals surface area (Å²) >= 11 is 0. The third-order valence-electron chi connectivity index (χ3n) is 1.39. The van der Waals surface area contributed by atoms with E-state index in [2.05, 4.69) is 14.8 Å². The Kier molecular flexibility index (Phi) is 2.59. The van der Waals surface area contributed by atoms with E-state index in [4.69, 9.17) is 11.3 Å². The lowest BCUT2D eigenvalue weighted by Gasteiger charge is -2.01. The van der Waals surface area contributed by atoms with Crippen LogP contribution in [-0.4, -0.2) is 17.1 Å². The van der Waals surface area contributed by atoms with Crippen LogP contribution in [0, 0.1) is 13.5 Å². The Hall–Kier alpha value is -1.63. The summed E-state index contributed by atoms with van der Waals surface area (Å²) in [6, 6.07) is 0. The molecule has 0 bridgehead atoms. The molecule has 0 aliphatic rings. The van der Waals surface area contributed by atoms with Gasteiger partial charge in [-0.3, -0.25) is 0 Å². The molecular weight excluding hydrogens is 154 g/mol. The zero-order valence-corrected chi connectivity index (χ0v) is 7.03. The highest BCUT2D eigenvalue weighted by atomic mass is 16.5. The highest BCUT2D eigenvalue weighted by molar-refractivity contribution is 5.24. The van der Waals surface area contributed by atoms with Crippen LogP contribution in [0.25, 0.3) is 4.85 Å². The molecule has 4 heteroatoms. The van der Waals surface area contributed by atoms with E-state index in [-0.39, 0.29) is 6.54 Å². The van der Waals surface area contributed by atoms with Gasteiger partial charge in [-0.15, -0.1) is 0 Å². The molecule has 62 valence electrons. The van der Waals surface area contributed by atoms with E-state index >= 15 is 0 Å². The summed E-state index contributed by atoms with van der Waals surface area (Å²) in [6.07, 6.45) is 1.62. The minimum atomic E-state index is 0.267. The van der Waals surface area contributed by atoms with Crippen LogP contribution in [0.15, 0.2) is 6.20 Å². The summed E-state index contributed by atoms with van der Waals surface area (Å²) in [5.41, 5.74) is 0.734. The van der Waals surface area contributed by atoms with E-state index in [0.29, 0.717) is 11.7 Å². The third-order valence-corrected chi connectivity index (χ3v) is 1.39. The molecule has 0 saturated heterocycles. The molecule has 0 unspecified atom stereocenters. The fourth-order valence-electron chi connectivity index (χ4n) is 0.845. The Balaban J connectivity index is 3.04. The van der Waals surface area contributed by atoms with E-state index in [1.807, 2.05) is 0 Å². The van der Waals surface area contributed by atoms with Crippen LogP contribution in [0.1, 0.15) is 11.4 Å². The lowest BCUT2D eigenvalue weighted by Crippen LogP contribution is -1.97. The maximum atomic E-state index is 6.68. The van der Waals surface area contributed by atoms with Crippen molar-refractivity contribution in [2.75, 3.05) is 7.11 Å². The molecular formula is C8H9N3O. The van der Waals surface area contributed by atoms with Crippen LogP contribution in [0.5, 0.6) is 5.88 Å². The van der Waals surface area contributed by atoms with E-state index in [1.54, 1.807) is 13.1 Å². The van der Waals surface area contributed by atoms with Gasteiger partial charge in [0.05, 0.1) is 7.11 Å². The normalized spacial score (nSPS) is 9.08. The summed E-state index contributed by atoms with van der Waals surface area (Å²) < 4.78 is 4.98. The number of aryl methyl sites for hydroxylation is 1. The first-order chi connectivity index (χ1) is 5.77. The Bertz CT molecular complexity index is 317. The standard InChI is InChI=1S/C8H9N3O/c1-6-10-5-7(4-9-2)8(11-6)12-3/h5H,4H2,1,3H3. The highest BCUT2D eigenvalue weighted by Gasteiger charge is 2.06. The maximum absolute atomic E-state index is 6.68. The maximum Gasteiger partial charge on any atom is 0.246 e. The molecule has 1 rings (SSSR count). The van der Waals surface area contributed by atoms with Crippen molar-refractivity contribution in [3.8, 4) is 5.88 Å². The summed E-state index contributed by atoms with van der Waals surface area (Å²) in [6.45, 7) is 8.73. The number of methoxy groups -OCH3 is 1. The second-order valence-electron chi connectivity index (χ2n) is 2.27. The van der Waals surface area contributed by atoms with Crippen molar-refractivity contribution in [2.45, 2.75) is 13.5 Å². The Morgan fingerprint density at radius 2 is 2.42 bits per heavy atom. The van der Waals surface area contributed by atoms with E-state index < -0.39 is 0 Å². The van der Waals surface area contributed by atoms with Gasteiger partial charge in [-0.1, -0.05) is 0 Å². The van der Waals surface area contributed by atoms with Gasteiger partial charge in [0.1, 0.15) is 11.4 Å². The van der Waals surface area contributed by atoms with Crippen molar-refractivity contribution in [1.82, 2.24) is 9.97 Å². The predicted molar refractivity (Wildman–Crippen MR) is 43.6 cm³/mol. The molecule has 0 N–H and O–H groups in total. The molecule has 0 spiro atoms. The van der Waals surface area contributed by atoms with Crippen LogP contribution in [0.4, 0.5) is 0 Å². The quantitative estimate of drug-likeness (QED) is 0.615. The first-order valence-electron chi connectivity index (χ1n) is 3.47. The minimum Gasteiger partial charge on any atom is -0.481 e. The van der Waals surface area contributed by atoms with Crippen molar-refractivity contribution in [1.29, 1.82) is 0 Å². The highest BCUT2D eigenvalue weighted by Crippen LogP contribution is 2.14. The van der Waals surface area contributed by atoms with E-state index in [9.17, 15) is 0 Å². The van der Waals surface area contributed by atoms with Gasteiger partial charge in [0.15, 0.2) is 0 Å². The topological polar surface area (TPSA) is 39.4 Å². The van der Waals surface area contributed by atoms with Crippen LogP contribution in [0.3, 0.4) is 0 Å². The van der Waals surface area contributed by atoms with Crippen molar-refractivity contribution >= 4 is 0 Å². The van der Waals surface area contributed by atoms with Crippen LogP contribution >= 0.6 is 0 Å². The number of ether oxygens (including phenoxy) is 1. The Morgan fingerprint density at radius 3 is 3.00 bits per heavy atom. The largest absolute Gasteiger partial charge is 0.481 e. The summed E-state index contributed by atoms with van der Waals surface area (Å²) in [5, 5.41) is 0. The van der Waals surface area contributed by atoms with Crippen LogP contribution in [-0.2, 0) is 6.54 Å². The predicted octanol–water partition coefficient (Wildman–Crippen LogP) is 1.21. The molecule has 1 heterocycles. The van der Waals surface area contributed by atoms with E-state index in [0.717, 1.165) is 5.56 Å². The average molecular weight is 163 g/mol. The van der Waals surface area contributed by atoms with Gasteiger partial charge in [-0.2, -0.15) is 4.98 Å². The van der Waals surface area contributed by atoms with Gasteiger partial charge in [-0.05, 0) is 6.92 Å². The minimum absolute atomic E-state index is 0.267. The lowest BCUT2D eigenvalue weighted by molar-refractivity contribution is 0.391. The molecule has 0 amide bonds. The average Bonchev–Trinajstić information content (AvgIpc) is 2.08. The number of rotatable bonds is 2. The fourth-order valence-corrected chi connectivity index (χ4v) is 0.845. The molecule has 0 aromatic carbocycles. The molecule has 0 aliphatic heterocycles. The second kappa shape index (κ2) is 3.67. The molecule has 0 radical (unpaired) electrons. The SMILES string of the molecule is [C-]#[N+]Cc1cnc(C)nc1OC. The van der Waals surface area contributed by atoms with Gasteiger partial charge in [0, 0.05) is 6.20 Å². The van der Waals surface area contributed by atoms with Gasteiger partial charge >= 0.3 is 0 Å². The molecule has 4 nitrogen and oxygen atoms in total. The summed E-state index contributed by atoms with van der Waals surface area (Å²) in [4.78, 5) is 11.2. The number of nitrogens with zero attached hydrogens (tertiary/aromatic N) is 3. The molecule has 0 aliphatic carbocycles. The smallest absolute Gasteiger partial charge is 0.246 e. The number of hydrogen-bond acceptors (Lipinski definition) is 3. The number of hydrogen-bond donors (Lipinski definition) is 0. The summed E-state index contributed by atoms with van der Waals surface area (Å²) in [7, 11) is 1.54. The molecule has 0 saturated carbocycles.